The fourth-order valence-electron chi connectivity index (χ4n) is 1.12. The van der Waals surface area contributed by atoms with Gasteiger partial charge in [0.1, 0.15) is 0 Å². The van der Waals surface area contributed by atoms with E-state index < -0.39 is 0 Å². The van der Waals surface area contributed by atoms with Crippen molar-refractivity contribution in [3.05, 3.63) is 48.5 Å². The van der Waals surface area contributed by atoms with Crippen LogP contribution < -0.4 is 10.6 Å². The molecular formula is C12H11ClN2O2. The number of carbonyl (C=O) groups excluding carboxylic acids is 2. The normalized spacial score (nSPS) is 9.24. The lowest BCUT2D eigenvalue weighted by atomic mass is 10.2. The molecule has 0 saturated heterocycles. The van der Waals surface area contributed by atoms with Gasteiger partial charge in [0.25, 0.3) is 0 Å². The van der Waals surface area contributed by atoms with Crippen LogP contribution in [0, 0.1) is 0 Å². The molecule has 0 unspecified atom stereocenters. The van der Waals surface area contributed by atoms with Crippen LogP contribution in [0.25, 0.3) is 0 Å². The fraction of sp³-hybridized carbons (Fsp3) is 0. The van der Waals surface area contributed by atoms with Crippen LogP contribution in [0.15, 0.2) is 43.5 Å². The zero-order valence-corrected chi connectivity index (χ0v) is 9.75. The van der Waals surface area contributed by atoms with E-state index in [0.717, 1.165) is 12.2 Å². The smallest absolute Gasteiger partial charge is 0.247 e. The van der Waals surface area contributed by atoms with Crippen LogP contribution in [0.5, 0.6) is 0 Å². The van der Waals surface area contributed by atoms with E-state index in [0.29, 0.717) is 16.4 Å². The van der Waals surface area contributed by atoms with Gasteiger partial charge in [-0.3, -0.25) is 9.59 Å². The predicted octanol–water partition coefficient (Wildman–Crippen LogP) is 2.59. The summed E-state index contributed by atoms with van der Waals surface area (Å²) in [6, 6.07) is 4.70. The second-order valence-electron chi connectivity index (χ2n) is 3.12. The number of anilines is 2. The van der Waals surface area contributed by atoms with E-state index in [1.807, 2.05) is 0 Å². The number of hydrogen-bond acceptors (Lipinski definition) is 2. The molecule has 2 amide bonds. The van der Waals surface area contributed by atoms with Gasteiger partial charge in [-0.2, -0.15) is 0 Å². The van der Waals surface area contributed by atoms with Crippen LogP contribution in [0.3, 0.4) is 0 Å². The number of carbonyl (C=O) groups is 2. The Morgan fingerprint density at radius 2 is 1.41 bits per heavy atom. The Labute approximate surface area is 104 Å². The average molecular weight is 251 g/mol. The highest BCUT2D eigenvalue weighted by Gasteiger charge is 2.03. The van der Waals surface area contributed by atoms with Crippen molar-refractivity contribution < 1.29 is 9.59 Å². The lowest BCUT2D eigenvalue weighted by Crippen LogP contribution is -2.10. The summed E-state index contributed by atoms with van der Waals surface area (Å²) in [5.74, 6) is -0.707. The first-order valence-corrected chi connectivity index (χ1v) is 5.10. The minimum atomic E-state index is -0.353. The molecule has 0 radical (unpaired) electrons. The van der Waals surface area contributed by atoms with Crippen molar-refractivity contribution in [2.75, 3.05) is 10.6 Å². The number of hydrogen-bond donors (Lipinski definition) is 2. The zero-order chi connectivity index (χ0) is 12.8. The van der Waals surface area contributed by atoms with E-state index in [9.17, 15) is 9.59 Å². The maximum absolute atomic E-state index is 11.1. The summed E-state index contributed by atoms with van der Waals surface area (Å²) in [5, 5.41) is 5.49. The summed E-state index contributed by atoms with van der Waals surface area (Å²) in [7, 11) is 0. The highest BCUT2D eigenvalue weighted by molar-refractivity contribution is 6.31. The molecule has 17 heavy (non-hydrogen) atoms. The van der Waals surface area contributed by atoms with E-state index >= 15 is 0 Å². The number of amides is 2. The van der Waals surface area contributed by atoms with E-state index in [-0.39, 0.29) is 11.8 Å². The van der Waals surface area contributed by atoms with Crippen molar-refractivity contribution in [3.8, 4) is 0 Å². The van der Waals surface area contributed by atoms with E-state index in [1.165, 1.54) is 0 Å². The molecule has 0 aliphatic carbocycles. The van der Waals surface area contributed by atoms with Crippen molar-refractivity contribution in [3.63, 3.8) is 0 Å². The van der Waals surface area contributed by atoms with Crippen molar-refractivity contribution in [2.45, 2.75) is 0 Å². The molecule has 0 bridgehead atoms. The monoisotopic (exact) mass is 250 g/mol. The Morgan fingerprint density at radius 1 is 1.00 bits per heavy atom. The molecule has 1 rings (SSSR count). The molecule has 0 saturated carbocycles. The molecule has 0 fully saturated rings. The quantitative estimate of drug-likeness (QED) is 0.807. The standard InChI is InChI=1S/C12H11ClN2O2/c1-3-11(16)14-9-5-8(13)6-10(7-9)15-12(17)4-2/h3-7H,1-2H2,(H,14,16)(H,15,17). The van der Waals surface area contributed by atoms with Gasteiger partial charge in [-0.25, -0.2) is 0 Å². The molecule has 0 aliphatic rings. The van der Waals surface area contributed by atoms with Gasteiger partial charge in [-0.1, -0.05) is 24.8 Å². The Balaban J connectivity index is 2.93. The van der Waals surface area contributed by atoms with Crippen molar-refractivity contribution >= 4 is 34.8 Å². The Bertz CT molecular complexity index is 443. The minimum absolute atomic E-state index is 0.353. The molecule has 1 aromatic carbocycles. The van der Waals surface area contributed by atoms with Gasteiger partial charge in [-0.05, 0) is 30.4 Å². The summed E-state index contributed by atoms with van der Waals surface area (Å²) in [5.41, 5.74) is 0.948. The number of benzene rings is 1. The van der Waals surface area contributed by atoms with Crippen LogP contribution >= 0.6 is 11.6 Å². The van der Waals surface area contributed by atoms with E-state index in [2.05, 4.69) is 23.8 Å². The summed E-state index contributed by atoms with van der Waals surface area (Å²) >= 11 is 5.85. The maximum atomic E-state index is 11.1. The highest BCUT2D eigenvalue weighted by atomic mass is 35.5. The summed E-state index contributed by atoms with van der Waals surface area (Å²) in [4.78, 5) is 22.2. The molecule has 0 aromatic heterocycles. The SMILES string of the molecule is C=CC(=O)Nc1cc(Cl)cc(NC(=O)C=C)c1. The lowest BCUT2D eigenvalue weighted by Gasteiger charge is -2.07. The lowest BCUT2D eigenvalue weighted by molar-refractivity contribution is -0.112. The average Bonchev–Trinajstić information content (AvgIpc) is 2.27. The molecule has 88 valence electrons. The van der Waals surface area contributed by atoms with Gasteiger partial charge >= 0.3 is 0 Å². The Hall–Kier alpha value is -2.07. The largest absolute Gasteiger partial charge is 0.322 e. The highest BCUT2D eigenvalue weighted by Crippen LogP contribution is 2.22. The maximum Gasteiger partial charge on any atom is 0.247 e. The third-order valence-corrected chi connectivity index (χ3v) is 2.02. The van der Waals surface area contributed by atoms with Crippen molar-refractivity contribution in [2.24, 2.45) is 0 Å². The molecule has 0 spiro atoms. The molecule has 2 N–H and O–H groups in total. The van der Waals surface area contributed by atoms with Gasteiger partial charge in [0.2, 0.25) is 11.8 Å². The third kappa shape index (κ3) is 4.12. The van der Waals surface area contributed by atoms with Gasteiger partial charge in [0, 0.05) is 16.4 Å². The topological polar surface area (TPSA) is 58.2 Å². The zero-order valence-electron chi connectivity index (χ0n) is 9.00. The first kappa shape index (κ1) is 13.0. The molecule has 0 atom stereocenters. The van der Waals surface area contributed by atoms with Crippen molar-refractivity contribution in [1.29, 1.82) is 0 Å². The summed E-state index contributed by atoms with van der Waals surface area (Å²) in [6.45, 7) is 6.67. The van der Waals surface area contributed by atoms with Crippen molar-refractivity contribution in [1.82, 2.24) is 0 Å². The van der Waals surface area contributed by atoms with Crippen LogP contribution in [0.2, 0.25) is 5.02 Å². The summed E-state index contributed by atoms with van der Waals surface area (Å²) < 4.78 is 0. The van der Waals surface area contributed by atoms with E-state index in [1.54, 1.807) is 18.2 Å². The van der Waals surface area contributed by atoms with Crippen LogP contribution in [0.4, 0.5) is 11.4 Å². The number of halogens is 1. The Kier molecular flexibility index (Phi) is 4.48. The molecule has 5 heteroatoms. The molecule has 0 heterocycles. The first-order valence-electron chi connectivity index (χ1n) is 4.72. The second kappa shape index (κ2) is 5.86. The molecular weight excluding hydrogens is 240 g/mol. The number of nitrogens with one attached hydrogen (secondary N) is 2. The molecule has 0 aliphatic heterocycles. The number of rotatable bonds is 4. The first-order chi connectivity index (χ1) is 8.05. The minimum Gasteiger partial charge on any atom is -0.322 e. The van der Waals surface area contributed by atoms with Gasteiger partial charge in [0.15, 0.2) is 0 Å². The third-order valence-electron chi connectivity index (χ3n) is 1.80. The van der Waals surface area contributed by atoms with E-state index in [4.69, 9.17) is 11.6 Å². The molecule has 4 nitrogen and oxygen atoms in total. The Morgan fingerprint density at radius 3 is 1.76 bits per heavy atom. The van der Waals surface area contributed by atoms with Gasteiger partial charge < -0.3 is 10.6 Å². The van der Waals surface area contributed by atoms with Crippen LogP contribution in [0.1, 0.15) is 0 Å². The summed E-state index contributed by atoms with van der Waals surface area (Å²) in [6.07, 6.45) is 2.28. The second-order valence-corrected chi connectivity index (χ2v) is 3.55. The van der Waals surface area contributed by atoms with Gasteiger partial charge in [0.05, 0.1) is 0 Å². The predicted molar refractivity (Wildman–Crippen MR) is 69.1 cm³/mol. The van der Waals surface area contributed by atoms with Crippen LogP contribution in [-0.2, 0) is 9.59 Å². The van der Waals surface area contributed by atoms with Crippen LogP contribution in [-0.4, -0.2) is 11.8 Å². The van der Waals surface area contributed by atoms with Gasteiger partial charge in [-0.15, -0.1) is 0 Å². The fourth-order valence-corrected chi connectivity index (χ4v) is 1.36. The molecule has 1 aromatic rings.